The fourth-order valence-electron chi connectivity index (χ4n) is 2.91. The first-order valence-corrected chi connectivity index (χ1v) is 9.43. The summed E-state index contributed by atoms with van der Waals surface area (Å²) >= 11 is 0. The monoisotopic (exact) mass is 429 g/mol. The third kappa shape index (κ3) is 6.38. The fraction of sp³-hybridized carbons (Fsp3) is 0.182. The lowest BCUT2D eigenvalue weighted by molar-refractivity contribution is -0.0499. The first-order valence-electron chi connectivity index (χ1n) is 9.43. The molecule has 0 fully saturated rings. The molecule has 0 bridgehead atoms. The lowest BCUT2D eigenvalue weighted by Crippen LogP contribution is -2.35. The second-order valence-electron chi connectivity index (χ2n) is 6.64. The molecular weight excluding hydrogens is 408 g/mol. The number of amides is 2. The molecule has 0 spiro atoms. The number of nitrogens with zero attached hydrogens (tertiary/aromatic N) is 1. The van der Waals surface area contributed by atoms with Crippen LogP contribution in [0.15, 0.2) is 77.7 Å². The van der Waals surface area contributed by atoms with Crippen LogP contribution in [0.5, 0.6) is 5.75 Å². The average Bonchev–Trinajstić information content (AvgIpc) is 2.75. The Morgan fingerprint density at radius 1 is 1.06 bits per heavy atom. The molecule has 1 aromatic heterocycles. The van der Waals surface area contributed by atoms with Crippen molar-refractivity contribution in [2.45, 2.75) is 19.3 Å². The summed E-state index contributed by atoms with van der Waals surface area (Å²) in [4.78, 5) is 24.8. The maximum atomic E-state index is 12.6. The predicted octanol–water partition coefficient (Wildman–Crippen LogP) is 3.35. The number of benzene rings is 2. The van der Waals surface area contributed by atoms with Crippen molar-refractivity contribution in [3.8, 4) is 5.75 Å². The van der Waals surface area contributed by atoms with Crippen LogP contribution >= 0.6 is 0 Å². The second-order valence-corrected chi connectivity index (χ2v) is 6.64. The minimum absolute atomic E-state index is 0.0813. The number of urea groups is 1. The van der Waals surface area contributed by atoms with Gasteiger partial charge in [-0.3, -0.25) is 4.79 Å². The number of carbonyl (C=O) groups excluding carboxylic acids is 1. The quantitative estimate of drug-likeness (QED) is 0.512. The molecule has 2 amide bonds. The van der Waals surface area contributed by atoms with Crippen molar-refractivity contribution < 1.29 is 23.4 Å². The van der Waals surface area contributed by atoms with E-state index < -0.39 is 18.7 Å². The summed E-state index contributed by atoms with van der Waals surface area (Å²) in [6.07, 6.45) is 0.467. The maximum Gasteiger partial charge on any atom is 0.387 e. The van der Waals surface area contributed by atoms with E-state index >= 15 is 0 Å². The van der Waals surface area contributed by atoms with Gasteiger partial charge in [0.2, 0.25) is 0 Å². The van der Waals surface area contributed by atoms with Gasteiger partial charge < -0.3 is 25.0 Å². The van der Waals surface area contributed by atoms with Gasteiger partial charge in [-0.25, -0.2) is 4.79 Å². The van der Waals surface area contributed by atoms with Gasteiger partial charge in [-0.15, -0.1) is 0 Å². The van der Waals surface area contributed by atoms with Crippen LogP contribution in [0.4, 0.5) is 19.3 Å². The number of hydrogen-bond donors (Lipinski definition) is 3. The number of anilines is 1. The molecule has 1 atom stereocenters. The van der Waals surface area contributed by atoms with Gasteiger partial charge in [0.15, 0.2) is 0 Å². The number of rotatable bonds is 8. The molecule has 0 aliphatic carbocycles. The summed E-state index contributed by atoms with van der Waals surface area (Å²) in [5.41, 5.74) is 0.937. The number of aliphatic hydroxyl groups excluding tert-OH is 1. The van der Waals surface area contributed by atoms with Crippen LogP contribution in [0.2, 0.25) is 0 Å². The second kappa shape index (κ2) is 10.4. The summed E-state index contributed by atoms with van der Waals surface area (Å²) in [6.45, 7) is -2.82. The van der Waals surface area contributed by atoms with Crippen molar-refractivity contribution in [1.29, 1.82) is 0 Å². The minimum Gasteiger partial charge on any atom is -0.435 e. The van der Waals surface area contributed by atoms with Crippen LogP contribution in [0.25, 0.3) is 0 Å². The van der Waals surface area contributed by atoms with Gasteiger partial charge in [0.1, 0.15) is 11.4 Å². The molecule has 0 aliphatic rings. The third-order valence-electron chi connectivity index (χ3n) is 4.39. The van der Waals surface area contributed by atoms with Crippen LogP contribution in [-0.4, -0.2) is 28.9 Å². The Morgan fingerprint density at radius 3 is 2.58 bits per heavy atom. The molecule has 3 aromatic rings. The van der Waals surface area contributed by atoms with Crippen molar-refractivity contribution >= 4 is 11.7 Å². The smallest absolute Gasteiger partial charge is 0.387 e. The van der Waals surface area contributed by atoms with E-state index in [-0.39, 0.29) is 23.5 Å². The van der Waals surface area contributed by atoms with Gasteiger partial charge in [0, 0.05) is 12.7 Å². The van der Waals surface area contributed by atoms with Crippen molar-refractivity contribution in [3.63, 3.8) is 0 Å². The first kappa shape index (κ1) is 22.0. The van der Waals surface area contributed by atoms with Crippen LogP contribution in [-0.2, 0) is 6.54 Å². The van der Waals surface area contributed by atoms with E-state index in [1.54, 1.807) is 12.3 Å². The number of halogens is 2. The normalized spacial score (nSPS) is 11.7. The van der Waals surface area contributed by atoms with Crippen LogP contribution in [0.3, 0.4) is 0 Å². The Hall–Kier alpha value is -3.72. The highest BCUT2D eigenvalue weighted by molar-refractivity contribution is 5.88. The number of aliphatic hydroxyl groups is 1. The van der Waals surface area contributed by atoms with E-state index in [1.165, 1.54) is 34.9 Å². The Balaban J connectivity index is 1.58. The summed E-state index contributed by atoms with van der Waals surface area (Å²) in [5.74, 6) is -0.0979. The van der Waals surface area contributed by atoms with E-state index in [9.17, 15) is 23.5 Å². The zero-order valence-electron chi connectivity index (χ0n) is 16.4. The van der Waals surface area contributed by atoms with Crippen LogP contribution in [0, 0.1) is 0 Å². The number of alkyl halides is 2. The Morgan fingerprint density at radius 2 is 1.84 bits per heavy atom. The molecular formula is C22H21F2N3O4. The number of hydrogen-bond acceptors (Lipinski definition) is 4. The molecule has 2 aromatic carbocycles. The Kier molecular flexibility index (Phi) is 7.34. The lowest BCUT2D eigenvalue weighted by Gasteiger charge is -2.14. The highest BCUT2D eigenvalue weighted by Gasteiger charge is 2.13. The van der Waals surface area contributed by atoms with Crippen molar-refractivity contribution in [3.05, 3.63) is 94.4 Å². The molecule has 0 saturated carbocycles. The zero-order chi connectivity index (χ0) is 22.2. The number of nitrogens with one attached hydrogen (secondary N) is 2. The summed E-state index contributed by atoms with van der Waals surface area (Å²) < 4.78 is 30.4. The third-order valence-corrected chi connectivity index (χ3v) is 4.39. The van der Waals surface area contributed by atoms with Gasteiger partial charge in [-0.2, -0.15) is 8.78 Å². The molecule has 1 heterocycles. The standard InChI is InChI=1S/C22H21F2N3O4/c23-21(24)31-17-9-4-8-16(12-17)19(28)13-25-22(30)26-18-10-5-11-27(20(18)29)14-15-6-2-1-3-7-15/h1-12,19,21,28H,13-14H2,(H2,25,26,30). The van der Waals surface area contributed by atoms with E-state index in [0.29, 0.717) is 12.1 Å². The number of pyridine rings is 1. The van der Waals surface area contributed by atoms with Crippen molar-refractivity contribution in [2.75, 3.05) is 11.9 Å². The number of aromatic nitrogens is 1. The van der Waals surface area contributed by atoms with E-state index in [2.05, 4.69) is 15.4 Å². The molecule has 162 valence electrons. The largest absolute Gasteiger partial charge is 0.435 e. The van der Waals surface area contributed by atoms with Crippen molar-refractivity contribution in [1.82, 2.24) is 9.88 Å². The fourth-order valence-corrected chi connectivity index (χ4v) is 2.91. The molecule has 3 N–H and O–H groups in total. The molecule has 0 saturated heterocycles. The minimum atomic E-state index is -2.98. The molecule has 9 heteroatoms. The predicted molar refractivity (Wildman–Crippen MR) is 111 cm³/mol. The highest BCUT2D eigenvalue weighted by atomic mass is 19.3. The number of carbonyl (C=O) groups is 1. The average molecular weight is 429 g/mol. The van der Waals surface area contributed by atoms with Crippen LogP contribution < -0.4 is 20.9 Å². The summed E-state index contributed by atoms with van der Waals surface area (Å²) in [5, 5.41) is 15.1. The Bertz CT molecular complexity index is 1070. The van der Waals surface area contributed by atoms with E-state index in [4.69, 9.17) is 0 Å². The lowest BCUT2D eigenvalue weighted by atomic mass is 10.1. The van der Waals surface area contributed by atoms with Gasteiger partial charge >= 0.3 is 12.6 Å². The zero-order valence-corrected chi connectivity index (χ0v) is 16.4. The van der Waals surface area contributed by atoms with Gasteiger partial charge in [0.25, 0.3) is 5.56 Å². The van der Waals surface area contributed by atoms with E-state index in [0.717, 1.165) is 5.56 Å². The molecule has 7 nitrogen and oxygen atoms in total. The van der Waals surface area contributed by atoms with Crippen molar-refractivity contribution in [2.24, 2.45) is 0 Å². The topological polar surface area (TPSA) is 92.6 Å². The number of ether oxygens (including phenoxy) is 1. The molecule has 1 unspecified atom stereocenters. The van der Waals surface area contributed by atoms with Crippen LogP contribution in [0.1, 0.15) is 17.2 Å². The van der Waals surface area contributed by atoms with Gasteiger partial charge in [-0.05, 0) is 35.4 Å². The first-order chi connectivity index (χ1) is 14.9. The molecule has 31 heavy (non-hydrogen) atoms. The maximum absolute atomic E-state index is 12.6. The summed E-state index contributed by atoms with van der Waals surface area (Å²) in [7, 11) is 0. The van der Waals surface area contributed by atoms with E-state index in [1.807, 2.05) is 30.3 Å². The molecule has 0 radical (unpaired) electrons. The molecule has 0 aliphatic heterocycles. The highest BCUT2D eigenvalue weighted by Crippen LogP contribution is 2.20. The molecule has 3 rings (SSSR count). The summed E-state index contributed by atoms with van der Waals surface area (Å²) in [6, 6.07) is 17.4. The van der Waals surface area contributed by atoms with Gasteiger partial charge in [-0.1, -0.05) is 42.5 Å². The SMILES string of the molecule is O=C(NCC(O)c1cccc(OC(F)F)c1)Nc1cccn(Cc2ccccc2)c1=O. The Labute approximate surface area is 176 Å². The van der Waals surface area contributed by atoms with Gasteiger partial charge in [0.05, 0.1) is 12.6 Å².